The maximum absolute atomic E-state index is 12.0. The lowest BCUT2D eigenvalue weighted by Crippen LogP contribution is -2.03. The molecule has 1 aromatic carbocycles. The number of carbonyl (C=O) groups is 1. The first-order chi connectivity index (χ1) is 9.95. The molecule has 0 unspecified atom stereocenters. The first-order valence-electron chi connectivity index (χ1n) is 5.71. The van der Waals surface area contributed by atoms with Gasteiger partial charge in [0.2, 0.25) is 0 Å². The van der Waals surface area contributed by atoms with Gasteiger partial charge >= 0.3 is 0 Å². The Kier molecular flexibility index (Phi) is 3.56. The Morgan fingerprint density at radius 3 is 2.76 bits per heavy atom. The summed E-state index contributed by atoms with van der Waals surface area (Å²) >= 11 is 10.7. The number of benzene rings is 1. The highest BCUT2D eigenvalue weighted by Gasteiger charge is 2.28. The fraction of sp³-hybridized carbons (Fsp3) is 0. The first-order valence-corrected chi connectivity index (χ1v) is 7.76. The zero-order chi connectivity index (χ0) is 15.1. The van der Waals surface area contributed by atoms with Gasteiger partial charge in [-0.2, -0.15) is 0 Å². The molecule has 1 aliphatic rings. The Bertz CT molecular complexity index is 816. The number of nitro benzene ring substituents is 1. The molecule has 1 aromatic heterocycles. The highest BCUT2D eigenvalue weighted by atomic mass is 79.9. The van der Waals surface area contributed by atoms with Crippen molar-refractivity contribution in [2.45, 2.75) is 0 Å². The van der Waals surface area contributed by atoms with E-state index in [2.05, 4.69) is 21.2 Å². The summed E-state index contributed by atoms with van der Waals surface area (Å²) in [5.41, 5.74) is 1.98. The van der Waals surface area contributed by atoms with E-state index in [0.29, 0.717) is 16.8 Å². The third kappa shape index (κ3) is 2.59. The minimum Gasteiger partial charge on any atom is -0.321 e. The van der Waals surface area contributed by atoms with Crippen LogP contribution in [0.1, 0.15) is 11.1 Å². The minimum atomic E-state index is -0.565. The third-order valence-electron chi connectivity index (χ3n) is 2.97. The highest BCUT2D eigenvalue weighted by Crippen LogP contribution is 2.40. The van der Waals surface area contributed by atoms with E-state index in [-0.39, 0.29) is 16.6 Å². The van der Waals surface area contributed by atoms with Crippen molar-refractivity contribution in [3.8, 4) is 0 Å². The van der Waals surface area contributed by atoms with Gasteiger partial charge in [-0.3, -0.25) is 14.9 Å². The first kappa shape index (κ1) is 14.2. The Labute approximate surface area is 136 Å². The monoisotopic (exact) mass is 384 g/mol. The van der Waals surface area contributed by atoms with Crippen molar-refractivity contribution in [3.63, 3.8) is 0 Å². The maximum Gasteiger partial charge on any atom is 0.288 e. The van der Waals surface area contributed by atoms with Crippen LogP contribution in [0.3, 0.4) is 0 Å². The molecule has 1 amide bonds. The van der Waals surface area contributed by atoms with E-state index < -0.39 is 4.92 Å². The largest absolute Gasteiger partial charge is 0.321 e. The van der Waals surface area contributed by atoms with E-state index in [0.717, 1.165) is 9.35 Å². The Morgan fingerprint density at radius 1 is 1.38 bits per heavy atom. The summed E-state index contributed by atoms with van der Waals surface area (Å²) < 4.78 is 0.940. The van der Waals surface area contributed by atoms with Crippen molar-refractivity contribution in [1.29, 1.82) is 0 Å². The smallest absolute Gasteiger partial charge is 0.288 e. The van der Waals surface area contributed by atoms with Crippen LogP contribution in [-0.4, -0.2) is 10.8 Å². The number of nitrogens with zero attached hydrogens (tertiary/aromatic N) is 1. The molecule has 0 saturated carbocycles. The number of thiophene rings is 1. The second-order valence-corrected chi connectivity index (χ2v) is 7.00. The van der Waals surface area contributed by atoms with Crippen LogP contribution in [0.5, 0.6) is 0 Å². The molecule has 5 nitrogen and oxygen atoms in total. The molecule has 0 atom stereocenters. The predicted molar refractivity (Wildman–Crippen MR) is 86.6 cm³/mol. The van der Waals surface area contributed by atoms with E-state index in [1.165, 1.54) is 23.5 Å². The maximum atomic E-state index is 12.0. The van der Waals surface area contributed by atoms with Crippen LogP contribution in [0.2, 0.25) is 5.02 Å². The lowest BCUT2D eigenvalue weighted by atomic mass is 10.0. The SMILES string of the molecule is O=C1Nc2cc(Cl)c([N+](=O)[O-])cc2/C1=C\c1csc(Br)c1. The summed E-state index contributed by atoms with van der Waals surface area (Å²) in [6, 6.07) is 4.59. The second-order valence-electron chi connectivity index (χ2n) is 4.30. The molecule has 21 heavy (non-hydrogen) atoms. The number of carbonyl (C=O) groups excluding carboxylic acids is 1. The molecule has 1 aliphatic heterocycles. The highest BCUT2D eigenvalue weighted by molar-refractivity contribution is 9.11. The number of nitrogens with one attached hydrogen (secondary N) is 1. The summed E-state index contributed by atoms with van der Waals surface area (Å²) in [7, 11) is 0. The fourth-order valence-electron chi connectivity index (χ4n) is 2.05. The van der Waals surface area contributed by atoms with Gasteiger partial charge in [0.25, 0.3) is 11.6 Å². The van der Waals surface area contributed by atoms with Gasteiger partial charge in [-0.25, -0.2) is 0 Å². The molecule has 1 N–H and O–H groups in total. The molecule has 0 spiro atoms. The lowest BCUT2D eigenvalue weighted by molar-refractivity contribution is -0.384. The molecule has 2 aromatic rings. The van der Waals surface area contributed by atoms with Gasteiger partial charge in [-0.15, -0.1) is 11.3 Å². The summed E-state index contributed by atoms with van der Waals surface area (Å²) in [5, 5.41) is 15.5. The molecule has 0 radical (unpaired) electrons. The van der Waals surface area contributed by atoms with E-state index in [9.17, 15) is 14.9 Å². The number of halogens is 2. The average molecular weight is 386 g/mol. The molecule has 8 heteroatoms. The van der Waals surface area contributed by atoms with Crippen LogP contribution in [0.4, 0.5) is 11.4 Å². The van der Waals surface area contributed by atoms with Crippen molar-refractivity contribution < 1.29 is 9.72 Å². The molecule has 2 heterocycles. The van der Waals surface area contributed by atoms with Crippen molar-refractivity contribution in [2.75, 3.05) is 5.32 Å². The molecule has 0 fully saturated rings. The van der Waals surface area contributed by atoms with Crippen molar-refractivity contribution in [1.82, 2.24) is 0 Å². The molecule has 0 bridgehead atoms. The standard InChI is InChI=1S/C13H6BrClN2O3S/c14-12-2-6(5-21-12)1-8-7-3-11(17(19)20)9(15)4-10(7)16-13(8)18/h1-5H,(H,16,18)/b8-1+. The van der Waals surface area contributed by atoms with Crippen LogP contribution in [0.25, 0.3) is 11.6 Å². The Balaban J connectivity index is 2.14. The van der Waals surface area contributed by atoms with E-state index in [1.54, 1.807) is 6.08 Å². The number of nitro groups is 1. The van der Waals surface area contributed by atoms with E-state index >= 15 is 0 Å². The van der Waals surface area contributed by atoms with E-state index in [4.69, 9.17) is 11.6 Å². The summed E-state index contributed by atoms with van der Waals surface area (Å²) in [5.74, 6) is -0.302. The van der Waals surface area contributed by atoms with Crippen molar-refractivity contribution >= 4 is 67.8 Å². The number of anilines is 1. The Morgan fingerprint density at radius 2 is 2.14 bits per heavy atom. The number of amides is 1. The van der Waals surface area contributed by atoms with Crippen LogP contribution in [-0.2, 0) is 4.79 Å². The quantitative estimate of drug-likeness (QED) is 0.468. The van der Waals surface area contributed by atoms with Gasteiger partial charge in [0, 0.05) is 17.2 Å². The van der Waals surface area contributed by atoms with Crippen molar-refractivity contribution in [2.24, 2.45) is 0 Å². The summed E-state index contributed by atoms with van der Waals surface area (Å²) in [6.07, 6.45) is 1.69. The zero-order valence-corrected chi connectivity index (χ0v) is 13.4. The van der Waals surface area contributed by atoms with Gasteiger partial charge in [-0.1, -0.05) is 11.6 Å². The van der Waals surface area contributed by atoms with Gasteiger partial charge in [0.05, 0.1) is 14.4 Å². The number of hydrogen-bond donors (Lipinski definition) is 1. The van der Waals surface area contributed by atoms with E-state index in [1.807, 2.05) is 11.4 Å². The van der Waals surface area contributed by atoms with Crippen LogP contribution in [0.15, 0.2) is 27.4 Å². The van der Waals surface area contributed by atoms with Gasteiger partial charge in [0.15, 0.2) is 0 Å². The average Bonchev–Trinajstić information content (AvgIpc) is 2.93. The van der Waals surface area contributed by atoms with Crippen LogP contribution < -0.4 is 5.32 Å². The van der Waals surface area contributed by atoms with Gasteiger partial charge in [-0.05, 0) is 45.1 Å². The molecule has 3 rings (SSSR count). The lowest BCUT2D eigenvalue weighted by Gasteiger charge is -2.00. The van der Waals surface area contributed by atoms with Gasteiger partial charge in [0.1, 0.15) is 5.02 Å². The molecule has 0 saturated heterocycles. The molecular formula is C13H6BrClN2O3S. The number of hydrogen-bond acceptors (Lipinski definition) is 4. The van der Waals surface area contributed by atoms with Crippen LogP contribution >= 0.6 is 38.9 Å². The summed E-state index contributed by atoms with van der Waals surface area (Å²) in [4.78, 5) is 22.4. The summed E-state index contributed by atoms with van der Waals surface area (Å²) in [6.45, 7) is 0. The zero-order valence-electron chi connectivity index (χ0n) is 10.2. The third-order valence-corrected chi connectivity index (χ3v) is 4.79. The second kappa shape index (κ2) is 5.25. The normalized spacial score (nSPS) is 15.1. The minimum absolute atomic E-state index is 0.00132. The number of fused-ring (bicyclic) bond motifs is 1. The fourth-order valence-corrected chi connectivity index (χ4v) is 3.42. The molecule has 0 aliphatic carbocycles. The molecule has 106 valence electrons. The Hall–Kier alpha value is -1.70. The van der Waals surface area contributed by atoms with Gasteiger partial charge < -0.3 is 5.32 Å². The molecular weight excluding hydrogens is 380 g/mol. The van der Waals surface area contributed by atoms with Crippen molar-refractivity contribution in [3.05, 3.63) is 53.6 Å². The van der Waals surface area contributed by atoms with Crippen LogP contribution in [0, 0.1) is 10.1 Å². The topological polar surface area (TPSA) is 72.2 Å². The predicted octanol–water partition coefficient (Wildman–Crippen LogP) is 4.56. The number of rotatable bonds is 2.